The predicted molar refractivity (Wildman–Crippen MR) is 109 cm³/mol. The zero-order valence-electron chi connectivity index (χ0n) is 16.6. The molecule has 7 heteroatoms. The van der Waals surface area contributed by atoms with Crippen LogP contribution in [0.15, 0.2) is 30.6 Å². The quantitative estimate of drug-likeness (QED) is 0.705. The molecule has 1 unspecified atom stereocenters. The molecule has 1 saturated heterocycles. The van der Waals surface area contributed by atoms with Gasteiger partial charge in [0.25, 0.3) is 0 Å². The van der Waals surface area contributed by atoms with Crippen LogP contribution in [0.25, 0.3) is 22.3 Å². The molecule has 0 radical (unpaired) electrons. The van der Waals surface area contributed by atoms with Gasteiger partial charge in [-0.1, -0.05) is 13.8 Å². The Morgan fingerprint density at radius 3 is 2.79 bits per heavy atom. The number of rotatable bonds is 5. The van der Waals surface area contributed by atoms with Gasteiger partial charge in [-0.05, 0) is 43.5 Å². The molecule has 2 N–H and O–H groups in total. The van der Waals surface area contributed by atoms with Crippen molar-refractivity contribution >= 4 is 16.7 Å². The molecule has 0 aromatic carbocycles. The number of aromatic amines is 1. The number of nitrogens with one attached hydrogen (secondary N) is 1. The largest absolute Gasteiger partial charge is 0.385 e. The molecule has 0 bridgehead atoms. The molecule has 0 amide bonds. The van der Waals surface area contributed by atoms with Crippen molar-refractivity contribution in [1.82, 2.24) is 20.2 Å². The summed E-state index contributed by atoms with van der Waals surface area (Å²) in [4.78, 5) is 11.8. The van der Waals surface area contributed by atoms with Crippen molar-refractivity contribution in [2.75, 3.05) is 24.7 Å². The number of aromatic nitrogens is 4. The second-order valence-corrected chi connectivity index (χ2v) is 7.41. The van der Waals surface area contributed by atoms with E-state index in [-0.39, 0.29) is 6.04 Å². The molecule has 3 aromatic heterocycles. The van der Waals surface area contributed by atoms with Gasteiger partial charge in [0.05, 0.1) is 30.6 Å². The molecule has 0 spiro atoms. The fourth-order valence-corrected chi connectivity index (χ4v) is 3.95. The molecule has 3 aromatic rings. The Labute approximate surface area is 164 Å². The van der Waals surface area contributed by atoms with Crippen LogP contribution in [0.1, 0.15) is 39.2 Å². The van der Waals surface area contributed by atoms with Gasteiger partial charge < -0.3 is 14.7 Å². The van der Waals surface area contributed by atoms with Gasteiger partial charge >= 0.3 is 0 Å². The molecule has 1 aliphatic rings. The second-order valence-electron chi connectivity index (χ2n) is 7.41. The molecule has 0 aliphatic carbocycles. The average Bonchev–Trinajstić information content (AvgIpc) is 3.27. The number of fused-ring (bicyclic) bond motifs is 1. The Bertz CT molecular complexity index is 953. The first-order chi connectivity index (χ1) is 13.6. The van der Waals surface area contributed by atoms with Gasteiger partial charge in [-0.15, -0.1) is 0 Å². The molecule has 0 saturated carbocycles. The van der Waals surface area contributed by atoms with E-state index in [1.54, 1.807) is 12.4 Å². The Morgan fingerprint density at radius 1 is 1.29 bits per heavy atom. The molecular weight excluding hydrogens is 354 g/mol. The average molecular weight is 381 g/mol. The highest BCUT2D eigenvalue weighted by Crippen LogP contribution is 2.38. The minimum Gasteiger partial charge on any atom is -0.385 e. The van der Waals surface area contributed by atoms with Crippen molar-refractivity contribution in [3.63, 3.8) is 0 Å². The Balaban J connectivity index is 1.99. The predicted octanol–water partition coefficient (Wildman–Crippen LogP) is 3.25. The first kappa shape index (κ1) is 18.8. The second kappa shape index (κ2) is 7.48. The molecule has 1 fully saturated rings. The van der Waals surface area contributed by atoms with Crippen LogP contribution in [0.5, 0.6) is 0 Å². The number of hydrogen-bond acceptors (Lipinski definition) is 6. The smallest absolute Gasteiger partial charge is 0.130 e. The third-order valence-corrected chi connectivity index (χ3v) is 5.80. The number of morpholine rings is 1. The monoisotopic (exact) mass is 381 g/mol. The summed E-state index contributed by atoms with van der Waals surface area (Å²) in [7, 11) is 0. The van der Waals surface area contributed by atoms with Gasteiger partial charge in [-0.25, -0.2) is 4.98 Å². The Morgan fingerprint density at radius 2 is 2.11 bits per heavy atom. The number of pyridine rings is 2. The normalized spacial score (nSPS) is 18.0. The highest BCUT2D eigenvalue weighted by atomic mass is 16.5. The van der Waals surface area contributed by atoms with Crippen molar-refractivity contribution in [3.05, 3.63) is 36.2 Å². The van der Waals surface area contributed by atoms with Crippen molar-refractivity contribution in [3.8, 4) is 11.4 Å². The fourth-order valence-electron chi connectivity index (χ4n) is 3.95. The summed E-state index contributed by atoms with van der Waals surface area (Å²) in [6, 6.07) is 6.10. The summed E-state index contributed by atoms with van der Waals surface area (Å²) in [6.07, 6.45) is 4.73. The molecule has 28 heavy (non-hydrogen) atoms. The highest BCUT2D eigenvalue weighted by molar-refractivity contribution is 5.94. The lowest BCUT2D eigenvalue weighted by molar-refractivity contribution is 0.0298. The van der Waals surface area contributed by atoms with E-state index in [1.165, 1.54) is 0 Å². The van der Waals surface area contributed by atoms with Gasteiger partial charge in [0.2, 0.25) is 0 Å². The standard InChI is InChI=1S/C21H27N5O2/c1-4-21(27,5-2)16-12-18(26-10-11-28-13-14(26)3)24-19-15(16)6-8-22-20(19)17-7-9-23-25-17/h6-9,12,14,27H,4-5,10-11,13H2,1-3H3,(H,23,25). The summed E-state index contributed by atoms with van der Waals surface area (Å²) in [5.74, 6) is 0.854. The van der Waals surface area contributed by atoms with Crippen LogP contribution in [0.2, 0.25) is 0 Å². The van der Waals surface area contributed by atoms with Crippen LogP contribution in [-0.2, 0) is 10.3 Å². The summed E-state index contributed by atoms with van der Waals surface area (Å²) < 4.78 is 5.60. The number of anilines is 1. The van der Waals surface area contributed by atoms with Gasteiger partial charge in [-0.3, -0.25) is 10.1 Å². The topological polar surface area (TPSA) is 87.2 Å². The molecular formula is C21H27N5O2. The number of nitrogens with zero attached hydrogens (tertiary/aromatic N) is 4. The lowest BCUT2D eigenvalue weighted by Gasteiger charge is -2.36. The molecule has 1 aliphatic heterocycles. The number of ether oxygens (including phenoxy) is 1. The van der Waals surface area contributed by atoms with Crippen LogP contribution in [0.3, 0.4) is 0 Å². The summed E-state index contributed by atoms with van der Waals surface area (Å²) in [6.45, 7) is 8.28. The van der Waals surface area contributed by atoms with Crippen molar-refractivity contribution in [2.24, 2.45) is 0 Å². The Kier molecular flexibility index (Phi) is 5.03. The van der Waals surface area contributed by atoms with Crippen LogP contribution in [0.4, 0.5) is 5.82 Å². The zero-order valence-corrected chi connectivity index (χ0v) is 16.6. The SMILES string of the molecule is CCC(O)(CC)c1cc(N2CCOCC2C)nc2c(-c3ccn[nH]3)nccc12. The maximum Gasteiger partial charge on any atom is 0.130 e. The van der Waals surface area contributed by atoms with Crippen molar-refractivity contribution in [1.29, 1.82) is 0 Å². The lowest BCUT2D eigenvalue weighted by Crippen LogP contribution is -2.44. The minimum atomic E-state index is -0.919. The first-order valence-corrected chi connectivity index (χ1v) is 9.94. The van der Waals surface area contributed by atoms with E-state index < -0.39 is 5.60 Å². The highest BCUT2D eigenvalue weighted by Gasteiger charge is 2.30. The molecule has 7 nitrogen and oxygen atoms in total. The Hall–Kier alpha value is -2.51. The third-order valence-electron chi connectivity index (χ3n) is 5.80. The van der Waals surface area contributed by atoms with Gasteiger partial charge in [0.1, 0.15) is 17.0 Å². The fraction of sp³-hybridized carbons (Fsp3) is 0.476. The van der Waals surface area contributed by atoms with Crippen LogP contribution in [0, 0.1) is 0 Å². The van der Waals surface area contributed by atoms with E-state index in [9.17, 15) is 5.11 Å². The number of aliphatic hydroxyl groups is 1. The summed E-state index contributed by atoms with van der Waals surface area (Å²) >= 11 is 0. The first-order valence-electron chi connectivity index (χ1n) is 9.94. The zero-order chi connectivity index (χ0) is 19.7. The minimum absolute atomic E-state index is 0.218. The molecule has 4 heterocycles. The maximum atomic E-state index is 11.4. The van der Waals surface area contributed by atoms with Crippen LogP contribution < -0.4 is 4.90 Å². The van der Waals surface area contributed by atoms with Crippen LogP contribution in [-0.4, -0.2) is 51.1 Å². The van der Waals surface area contributed by atoms with Crippen molar-refractivity contribution in [2.45, 2.75) is 45.3 Å². The summed E-state index contributed by atoms with van der Waals surface area (Å²) in [5, 5.41) is 19.4. The number of hydrogen-bond donors (Lipinski definition) is 2. The van der Waals surface area contributed by atoms with Crippen LogP contribution >= 0.6 is 0 Å². The van der Waals surface area contributed by atoms with E-state index in [1.807, 2.05) is 32.0 Å². The maximum absolute atomic E-state index is 11.4. The van der Waals surface area contributed by atoms with E-state index in [0.29, 0.717) is 26.1 Å². The van der Waals surface area contributed by atoms with E-state index in [4.69, 9.17) is 9.72 Å². The third kappa shape index (κ3) is 3.14. The molecule has 148 valence electrons. The lowest BCUT2D eigenvalue weighted by atomic mass is 9.86. The van der Waals surface area contributed by atoms with E-state index in [0.717, 1.165) is 40.2 Å². The van der Waals surface area contributed by atoms with Crippen molar-refractivity contribution < 1.29 is 9.84 Å². The van der Waals surface area contributed by atoms with Gasteiger partial charge in [0, 0.05) is 24.3 Å². The van der Waals surface area contributed by atoms with Gasteiger partial charge in [-0.2, -0.15) is 5.10 Å². The molecule has 4 rings (SSSR count). The number of H-pyrrole nitrogens is 1. The molecule has 1 atom stereocenters. The summed E-state index contributed by atoms with van der Waals surface area (Å²) in [5.41, 5.74) is 2.32. The van der Waals surface area contributed by atoms with E-state index in [2.05, 4.69) is 27.0 Å². The van der Waals surface area contributed by atoms with E-state index >= 15 is 0 Å². The van der Waals surface area contributed by atoms with Gasteiger partial charge in [0.15, 0.2) is 0 Å².